The predicted octanol–water partition coefficient (Wildman–Crippen LogP) is 14.0. The summed E-state index contributed by atoms with van der Waals surface area (Å²) in [6.07, 6.45) is 10.5. The van der Waals surface area contributed by atoms with Crippen LogP contribution in [0.15, 0.2) is 194 Å². The molecule has 0 spiro atoms. The highest BCUT2D eigenvalue weighted by Crippen LogP contribution is 2.38. The van der Waals surface area contributed by atoms with Crippen molar-refractivity contribution in [2.45, 2.75) is 39.5 Å². The molecule has 0 aliphatic heterocycles. The van der Waals surface area contributed by atoms with Crippen LogP contribution in [-0.4, -0.2) is 4.98 Å². The molecule has 0 unspecified atom stereocenters. The molecule has 1 aromatic heterocycles. The van der Waals surface area contributed by atoms with E-state index in [0.29, 0.717) is 0 Å². The van der Waals surface area contributed by atoms with Gasteiger partial charge in [-0.1, -0.05) is 170 Å². The fraction of sp³-hybridized carbons (Fsp3) is 0.113. The van der Waals surface area contributed by atoms with Gasteiger partial charge in [-0.05, 0) is 123 Å². The first-order valence-corrected chi connectivity index (χ1v) is 19.2. The zero-order valence-electron chi connectivity index (χ0n) is 31.2. The zero-order valence-corrected chi connectivity index (χ0v) is 31.2. The lowest BCUT2D eigenvalue weighted by molar-refractivity contribution is 0.994. The van der Waals surface area contributed by atoms with Gasteiger partial charge in [-0.2, -0.15) is 0 Å². The maximum absolute atomic E-state index is 5.15. The van der Waals surface area contributed by atoms with Crippen LogP contribution in [0.1, 0.15) is 60.2 Å². The monoisotopic (exact) mass is 695 g/mol. The average molecular weight is 696 g/mol. The number of hydrogen-bond acceptors (Lipinski definition) is 1. The second-order valence-corrected chi connectivity index (χ2v) is 14.2. The topological polar surface area (TPSA) is 12.9 Å². The van der Waals surface area contributed by atoms with Gasteiger partial charge in [0.15, 0.2) is 0 Å². The van der Waals surface area contributed by atoms with Gasteiger partial charge >= 0.3 is 0 Å². The minimum atomic E-state index is 0.738. The molecule has 1 heterocycles. The van der Waals surface area contributed by atoms with Crippen molar-refractivity contribution < 1.29 is 0 Å². The van der Waals surface area contributed by atoms with Gasteiger partial charge in [-0.15, -0.1) is 0 Å². The Labute approximate surface area is 320 Å². The van der Waals surface area contributed by atoms with Crippen LogP contribution < -0.4 is 0 Å². The summed E-state index contributed by atoms with van der Waals surface area (Å²) >= 11 is 0. The van der Waals surface area contributed by atoms with E-state index in [1.165, 1.54) is 77.9 Å². The Hall–Kier alpha value is -6.31. The third-order valence-electron chi connectivity index (χ3n) is 10.7. The highest BCUT2D eigenvalue weighted by Gasteiger charge is 2.16. The maximum Gasteiger partial charge on any atom is 0.0448 e. The van der Waals surface area contributed by atoms with Crippen molar-refractivity contribution in [1.82, 2.24) is 4.98 Å². The number of hydrogen-bond donors (Lipinski definition) is 0. The van der Waals surface area contributed by atoms with E-state index in [1.807, 2.05) is 0 Å². The van der Waals surface area contributed by atoms with E-state index in [0.717, 1.165) is 36.9 Å². The molecule has 0 atom stereocenters. The summed E-state index contributed by atoms with van der Waals surface area (Å²) in [6.45, 7) is 4.54. The lowest BCUT2D eigenvalue weighted by Crippen LogP contribution is -2.00. The van der Waals surface area contributed by atoms with Crippen molar-refractivity contribution >= 4 is 16.7 Å². The van der Waals surface area contributed by atoms with Gasteiger partial charge in [0.25, 0.3) is 0 Å². The minimum Gasteiger partial charge on any atom is -0.260 e. The van der Waals surface area contributed by atoms with Crippen LogP contribution in [0, 0.1) is 0 Å². The maximum atomic E-state index is 5.15. The zero-order chi connectivity index (χ0) is 36.7. The third kappa shape index (κ3) is 7.72. The highest BCUT2D eigenvalue weighted by atomic mass is 14.7. The molecule has 1 heteroatoms. The second-order valence-electron chi connectivity index (χ2n) is 14.2. The van der Waals surface area contributed by atoms with Crippen molar-refractivity contribution in [2.75, 3.05) is 0 Å². The van der Waals surface area contributed by atoms with Crippen molar-refractivity contribution in [3.63, 3.8) is 0 Å². The van der Waals surface area contributed by atoms with E-state index in [9.17, 15) is 0 Å². The van der Waals surface area contributed by atoms with Crippen LogP contribution in [0.25, 0.3) is 50.1 Å². The van der Waals surface area contributed by atoms with E-state index in [-0.39, 0.29) is 0 Å². The Morgan fingerprint density at radius 1 is 0.463 bits per heavy atom. The summed E-state index contributed by atoms with van der Waals surface area (Å²) in [4.78, 5) is 5.15. The van der Waals surface area contributed by atoms with Gasteiger partial charge in [-0.3, -0.25) is 4.98 Å². The SMILES string of the molecule is CCc1ccc(-c2ccccc2)cc1-c1cc(-c2ccccc2)ccc1Cc1ccc(C2=C/C(c3ccccc3)=C(\C)CC/C(c3ccccc3)=C\2)cn1. The Kier molecular flexibility index (Phi) is 10.4. The van der Waals surface area contributed by atoms with Gasteiger partial charge in [-0.25, -0.2) is 0 Å². The third-order valence-corrected chi connectivity index (χ3v) is 10.7. The molecule has 262 valence electrons. The first-order valence-electron chi connectivity index (χ1n) is 19.2. The average Bonchev–Trinajstić information content (AvgIpc) is 3.24. The fourth-order valence-electron chi connectivity index (χ4n) is 7.66. The van der Waals surface area contributed by atoms with E-state index in [4.69, 9.17) is 4.98 Å². The van der Waals surface area contributed by atoms with Crippen LogP contribution in [-0.2, 0) is 12.8 Å². The number of benzene rings is 6. The number of pyridine rings is 1. The second kappa shape index (κ2) is 16.1. The first kappa shape index (κ1) is 34.8. The van der Waals surface area contributed by atoms with E-state index >= 15 is 0 Å². The molecule has 1 aliphatic carbocycles. The molecule has 0 fully saturated rings. The van der Waals surface area contributed by atoms with Crippen molar-refractivity contribution in [2.24, 2.45) is 0 Å². The molecule has 1 nitrogen and oxygen atoms in total. The standard InChI is InChI=1S/C53H45N/c1-3-39-26-27-45(41-18-10-5-11-19-41)34-52(39)53-35-46(42-20-12-6-13-21-42)28-29-47(53)33-50-31-30-48(37-54-50)49-32-44(40-16-8-4-9-17-40)25-24-38(2)51(36-49)43-22-14-7-15-23-43/h4-23,26-32,34-37H,3,24-25,33H2,1-2H3/b44-32+,49-36+,51-38-. The molecule has 0 amide bonds. The molecule has 8 rings (SSSR count). The molecule has 1 aliphatic rings. The van der Waals surface area contributed by atoms with Crippen LogP contribution in [0.2, 0.25) is 0 Å². The smallest absolute Gasteiger partial charge is 0.0448 e. The van der Waals surface area contributed by atoms with Gasteiger partial charge in [0.2, 0.25) is 0 Å². The Balaban J connectivity index is 1.19. The van der Waals surface area contributed by atoms with E-state index < -0.39 is 0 Å². The van der Waals surface area contributed by atoms with Crippen molar-refractivity contribution in [3.05, 3.63) is 227 Å². The molecule has 0 radical (unpaired) electrons. The number of aryl methyl sites for hydroxylation is 1. The molecule has 7 aromatic rings. The fourth-order valence-corrected chi connectivity index (χ4v) is 7.66. The molecule has 0 bridgehead atoms. The molecule has 0 saturated carbocycles. The number of rotatable bonds is 9. The summed E-state index contributed by atoms with van der Waals surface area (Å²) in [5.41, 5.74) is 20.0. The van der Waals surface area contributed by atoms with E-state index in [2.05, 4.69) is 202 Å². The molecular weight excluding hydrogens is 651 g/mol. The Morgan fingerprint density at radius 2 is 0.981 bits per heavy atom. The van der Waals surface area contributed by atoms with Gasteiger partial charge < -0.3 is 0 Å². The number of aromatic nitrogens is 1. The highest BCUT2D eigenvalue weighted by molar-refractivity contribution is 5.93. The normalized spacial score (nSPS) is 16.4. The van der Waals surface area contributed by atoms with Crippen LogP contribution in [0.4, 0.5) is 0 Å². The van der Waals surface area contributed by atoms with Crippen molar-refractivity contribution in [3.8, 4) is 33.4 Å². The largest absolute Gasteiger partial charge is 0.260 e. The Morgan fingerprint density at radius 3 is 1.54 bits per heavy atom. The number of allylic oxidation sites excluding steroid dienone is 6. The lowest BCUT2D eigenvalue weighted by atomic mass is 9.87. The van der Waals surface area contributed by atoms with Crippen LogP contribution in [0.3, 0.4) is 0 Å². The predicted molar refractivity (Wildman–Crippen MR) is 230 cm³/mol. The van der Waals surface area contributed by atoms with Gasteiger partial charge in [0, 0.05) is 23.9 Å². The molecule has 6 aromatic carbocycles. The Bertz CT molecular complexity index is 2450. The van der Waals surface area contributed by atoms with Crippen LogP contribution >= 0.6 is 0 Å². The molecule has 0 saturated heterocycles. The van der Waals surface area contributed by atoms with Crippen molar-refractivity contribution in [1.29, 1.82) is 0 Å². The van der Waals surface area contributed by atoms with Crippen LogP contribution in [0.5, 0.6) is 0 Å². The van der Waals surface area contributed by atoms with E-state index in [1.54, 1.807) is 0 Å². The summed E-state index contributed by atoms with van der Waals surface area (Å²) in [6, 6.07) is 61.4. The molecule has 54 heavy (non-hydrogen) atoms. The summed E-state index contributed by atoms with van der Waals surface area (Å²) < 4.78 is 0. The van der Waals surface area contributed by atoms with Gasteiger partial charge in [0.1, 0.15) is 0 Å². The van der Waals surface area contributed by atoms with Gasteiger partial charge in [0.05, 0.1) is 0 Å². The molecular formula is C53H45N. The molecule has 0 N–H and O–H groups in total. The number of nitrogens with zero attached hydrogens (tertiary/aromatic N) is 1. The quantitative estimate of drug-likeness (QED) is 0.146. The minimum absolute atomic E-state index is 0.738. The summed E-state index contributed by atoms with van der Waals surface area (Å²) in [5, 5.41) is 0. The summed E-state index contributed by atoms with van der Waals surface area (Å²) in [5.74, 6) is 0. The first-order chi connectivity index (χ1) is 26.6. The lowest BCUT2D eigenvalue weighted by Gasteiger charge is -2.18. The summed E-state index contributed by atoms with van der Waals surface area (Å²) in [7, 11) is 0.